The second-order valence-electron chi connectivity index (χ2n) is 2.91. The van der Waals surface area contributed by atoms with Gasteiger partial charge in [0.05, 0.1) is 13.2 Å². The minimum Gasteiger partial charge on any atom is -0.394 e. The van der Waals surface area contributed by atoms with Crippen molar-refractivity contribution in [2.24, 2.45) is 0 Å². The summed E-state index contributed by atoms with van der Waals surface area (Å²) in [6.45, 7) is 3.31. The number of rotatable bonds is 6. The van der Waals surface area contributed by atoms with Crippen molar-refractivity contribution in [3.63, 3.8) is 0 Å². The second kappa shape index (κ2) is 5.77. The normalized spacial score (nSPS) is 16.4. The van der Waals surface area contributed by atoms with E-state index in [1.165, 1.54) is 0 Å². The van der Waals surface area contributed by atoms with Crippen LogP contribution in [0.1, 0.15) is 6.42 Å². The number of carbonyl (C=O) groups excluding carboxylic acids is 1. The van der Waals surface area contributed by atoms with Crippen molar-refractivity contribution in [1.82, 2.24) is 10.2 Å². The van der Waals surface area contributed by atoms with Gasteiger partial charge < -0.3 is 20.1 Å². The van der Waals surface area contributed by atoms with Crippen LogP contribution in [0.25, 0.3) is 0 Å². The number of nitrogens with one attached hydrogen (secondary N) is 1. The fourth-order valence-electron chi connectivity index (χ4n) is 1.25. The number of hydrogen-bond donors (Lipinski definition) is 2. The molecule has 0 spiro atoms. The van der Waals surface area contributed by atoms with E-state index in [4.69, 9.17) is 9.84 Å². The van der Waals surface area contributed by atoms with E-state index in [1.54, 1.807) is 4.90 Å². The van der Waals surface area contributed by atoms with Gasteiger partial charge in [0, 0.05) is 26.2 Å². The minimum atomic E-state index is 0.0159. The first-order valence-corrected chi connectivity index (χ1v) is 4.56. The van der Waals surface area contributed by atoms with Crippen molar-refractivity contribution in [3.05, 3.63) is 0 Å². The third-order valence-corrected chi connectivity index (χ3v) is 1.90. The average Bonchev–Trinajstić information content (AvgIpc) is 2.52. The highest BCUT2D eigenvalue weighted by atomic mass is 16.5. The molecular weight excluding hydrogens is 172 g/mol. The van der Waals surface area contributed by atoms with Gasteiger partial charge in [-0.2, -0.15) is 0 Å². The van der Waals surface area contributed by atoms with Gasteiger partial charge in [-0.25, -0.2) is 4.79 Å². The highest BCUT2D eigenvalue weighted by Crippen LogP contribution is 1.97. The van der Waals surface area contributed by atoms with Crippen molar-refractivity contribution < 1.29 is 14.6 Å². The van der Waals surface area contributed by atoms with E-state index in [1.807, 2.05) is 0 Å². The smallest absolute Gasteiger partial charge is 0.317 e. The Kier molecular flexibility index (Phi) is 4.56. The van der Waals surface area contributed by atoms with Crippen LogP contribution < -0.4 is 5.32 Å². The van der Waals surface area contributed by atoms with Gasteiger partial charge in [-0.15, -0.1) is 0 Å². The summed E-state index contributed by atoms with van der Waals surface area (Å²) in [6.07, 6.45) is 0.827. The summed E-state index contributed by atoms with van der Waals surface area (Å²) in [6, 6.07) is 0.0159. The van der Waals surface area contributed by atoms with Crippen molar-refractivity contribution in [3.8, 4) is 0 Å². The molecule has 1 aliphatic rings. The topological polar surface area (TPSA) is 61.8 Å². The van der Waals surface area contributed by atoms with E-state index in [9.17, 15) is 4.79 Å². The van der Waals surface area contributed by atoms with Gasteiger partial charge in [-0.3, -0.25) is 0 Å². The number of ether oxygens (including phenoxy) is 1. The third-order valence-electron chi connectivity index (χ3n) is 1.90. The Morgan fingerprint density at radius 2 is 2.38 bits per heavy atom. The first kappa shape index (κ1) is 10.3. The van der Waals surface area contributed by atoms with Crippen LogP contribution >= 0.6 is 0 Å². The lowest BCUT2D eigenvalue weighted by Crippen LogP contribution is -2.29. The molecule has 0 aromatic rings. The fourth-order valence-corrected chi connectivity index (χ4v) is 1.25. The molecule has 2 N–H and O–H groups in total. The van der Waals surface area contributed by atoms with E-state index < -0.39 is 0 Å². The zero-order valence-corrected chi connectivity index (χ0v) is 7.66. The average molecular weight is 188 g/mol. The van der Waals surface area contributed by atoms with E-state index in [0.717, 1.165) is 26.1 Å². The SMILES string of the molecule is O=C1NCCN1CCCOCCO. The standard InChI is InChI=1S/C8H16N2O3/c11-5-7-13-6-1-3-10-4-2-9-8(10)12/h11H,1-7H2,(H,9,12). The molecule has 0 aromatic heterocycles. The van der Waals surface area contributed by atoms with Crippen LogP contribution in [0.4, 0.5) is 4.79 Å². The predicted octanol–water partition coefficient (Wildman–Crippen LogP) is -0.589. The number of nitrogens with zero attached hydrogens (tertiary/aromatic N) is 1. The Balaban J connectivity index is 1.96. The summed E-state index contributed by atoms with van der Waals surface area (Å²) in [5, 5.41) is 11.1. The first-order valence-electron chi connectivity index (χ1n) is 4.56. The zero-order valence-electron chi connectivity index (χ0n) is 7.66. The van der Waals surface area contributed by atoms with E-state index in [0.29, 0.717) is 13.2 Å². The molecule has 0 unspecified atom stereocenters. The van der Waals surface area contributed by atoms with Gasteiger partial charge in [-0.1, -0.05) is 0 Å². The van der Waals surface area contributed by atoms with E-state index in [2.05, 4.69) is 5.32 Å². The van der Waals surface area contributed by atoms with Crippen molar-refractivity contribution in [1.29, 1.82) is 0 Å². The summed E-state index contributed by atoms with van der Waals surface area (Å²) in [5.74, 6) is 0. The minimum absolute atomic E-state index is 0.0159. The van der Waals surface area contributed by atoms with Gasteiger partial charge in [0.2, 0.25) is 0 Å². The maximum Gasteiger partial charge on any atom is 0.317 e. The van der Waals surface area contributed by atoms with E-state index in [-0.39, 0.29) is 12.6 Å². The van der Waals surface area contributed by atoms with Gasteiger partial charge in [0.15, 0.2) is 0 Å². The Morgan fingerprint density at radius 1 is 1.54 bits per heavy atom. The highest BCUT2D eigenvalue weighted by Gasteiger charge is 2.17. The molecule has 1 saturated heterocycles. The van der Waals surface area contributed by atoms with Gasteiger partial charge >= 0.3 is 6.03 Å². The number of carbonyl (C=O) groups is 1. The number of aliphatic hydroxyl groups is 1. The summed E-state index contributed by atoms with van der Waals surface area (Å²) in [4.78, 5) is 12.8. The maximum absolute atomic E-state index is 11.0. The van der Waals surface area contributed by atoms with Crippen LogP contribution in [0.5, 0.6) is 0 Å². The molecule has 13 heavy (non-hydrogen) atoms. The quantitative estimate of drug-likeness (QED) is 0.548. The van der Waals surface area contributed by atoms with Crippen LogP contribution in [0.2, 0.25) is 0 Å². The molecule has 5 heteroatoms. The number of urea groups is 1. The Labute approximate surface area is 77.7 Å². The second-order valence-corrected chi connectivity index (χ2v) is 2.91. The molecule has 0 atom stereocenters. The van der Waals surface area contributed by atoms with Crippen LogP contribution in [0.3, 0.4) is 0 Å². The lowest BCUT2D eigenvalue weighted by atomic mass is 10.4. The van der Waals surface area contributed by atoms with Gasteiger partial charge in [-0.05, 0) is 6.42 Å². The molecule has 1 fully saturated rings. The molecule has 0 aromatic carbocycles. The van der Waals surface area contributed by atoms with Crippen LogP contribution in [0.15, 0.2) is 0 Å². The molecular formula is C8H16N2O3. The molecule has 5 nitrogen and oxygen atoms in total. The van der Waals surface area contributed by atoms with Gasteiger partial charge in [0.1, 0.15) is 0 Å². The van der Waals surface area contributed by atoms with Crippen LogP contribution in [-0.2, 0) is 4.74 Å². The molecule has 0 radical (unpaired) electrons. The number of amides is 2. The first-order chi connectivity index (χ1) is 6.34. The molecule has 2 amide bonds. The summed E-state index contributed by atoms with van der Waals surface area (Å²) in [5.41, 5.74) is 0. The molecule has 0 bridgehead atoms. The maximum atomic E-state index is 11.0. The van der Waals surface area contributed by atoms with Crippen molar-refractivity contribution >= 4 is 6.03 Å². The lowest BCUT2D eigenvalue weighted by molar-refractivity contribution is 0.0873. The molecule has 0 aliphatic carbocycles. The fraction of sp³-hybridized carbons (Fsp3) is 0.875. The Hall–Kier alpha value is -0.810. The van der Waals surface area contributed by atoms with Crippen molar-refractivity contribution in [2.75, 3.05) is 39.5 Å². The van der Waals surface area contributed by atoms with Crippen LogP contribution in [-0.4, -0.2) is 55.5 Å². The molecule has 1 heterocycles. The molecule has 0 saturated carbocycles. The van der Waals surface area contributed by atoms with Crippen molar-refractivity contribution in [2.45, 2.75) is 6.42 Å². The van der Waals surface area contributed by atoms with E-state index >= 15 is 0 Å². The summed E-state index contributed by atoms with van der Waals surface area (Å²) >= 11 is 0. The summed E-state index contributed by atoms with van der Waals surface area (Å²) < 4.78 is 5.07. The van der Waals surface area contributed by atoms with Crippen LogP contribution in [0, 0.1) is 0 Å². The molecule has 1 aliphatic heterocycles. The Bertz CT molecular complexity index is 163. The predicted molar refractivity (Wildman–Crippen MR) is 47.5 cm³/mol. The monoisotopic (exact) mass is 188 g/mol. The molecule has 1 rings (SSSR count). The largest absolute Gasteiger partial charge is 0.394 e. The van der Waals surface area contributed by atoms with Gasteiger partial charge in [0.25, 0.3) is 0 Å². The zero-order chi connectivity index (χ0) is 9.52. The number of hydrogen-bond acceptors (Lipinski definition) is 3. The Morgan fingerprint density at radius 3 is 3.00 bits per heavy atom. The summed E-state index contributed by atoms with van der Waals surface area (Å²) in [7, 11) is 0. The third kappa shape index (κ3) is 3.61. The highest BCUT2D eigenvalue weighted by molar-refractivity contribution is 5.76. The number of aliphatic hydroxyl groups excluding tert-OH is 1. The molecule has 76 valence electrons. The lowest BCUT2D eigenvalue weighted by Gasteiger charge is -2.13.